The molecule has 0 radical (unpaired) electrons. The summed E-state index contributed by atoms with van der Waals surface area (Å²) in [6, 6.07) is 7.08. The first kappa shape index (κ1) is 19.9. The summed E-state index contributed by atoms with van der Waals surface area (Å²) in [6.45, 7) is 4.30. The number of likely N-dealkylation sites (tertiary alicyclic amines) is 1. The molecule has 1 amide bonds. The second-order valence-corrected chi connectivity index (χ2v) is 7.71. The molecule has 1 unspecified atom stereocenters. The van der Waals surface area contributed by atoms with E-state index in [1.165, 1.54) is 4.57 Å². The molecule has 1 aliphatic rings. The predicted octanol–water partition coefficient (Wildman–Crippen LogP) is 3.22. The standard InChI is InChI=1S/C23H25N5O2/c1-15-7-8-18(22(29)27(15)3)23(30)28-13-5-4-6-20(28)21-19(14-25-16(2)26-21)17-9-11-24-12-10-17/h7-12,14,20H,4-6,13H2,1-3H3. The number of rotatable bonds is 3. The largest absolute Gasteiger partial charge is 0.330 e. The second-order valence-electron chi connectivity index (χ2n) is 7.71. The van der Waals surface area contributed by atoms with Crippen molar-refractivity contribution < 1.29 is 4.79 Å². The molecule has 3 aromatic heterocycles. The van der Waals surface area contributed by atoms with Crippen LogP contribution in [0.2, 0.25) is 0 Å². The Kier molecular flexibility index (Phi) is 5.44. The lowest BCUT2D eigenvalue weighted by molar-refractivity contribution is 0.0604. The van der Waals surface area contributed by atoms with Gasteiger partial charge in [0.1, 0.15) is 11.4 Å². The van der Waals surface area contributed by atoms with Gasteiger partial charge in [-0.15, -0.1) is 0 Å². The van der Waals surface area contributed by atoms with Crippen LogP contribution in [0.25, 0.3) is 11.1 Å². The number of carbonyl (C=O) groups is 1. The molecular weight excluding hydrogens is 378 g/mol. The van der Waals surface area contributed by atoms with Gasteiger partial charge < -0.3 is 9.47 Å². The van der Waals surface area contributed by atoms with E-state index < -0.39 is 0 Å². The summed E-state index contributed by atoms with van der Waals surface area (Å²) in [7, 11) is 1.69. The van der Waals surface area contributed by atoms with E-state index in [2.05, 4.69) is 9.97 Å². The number of amides is 1. The molecule has 0 aliphatic carbocycles. The summed E-state index contributed by atoms with van der Waals surface area (Å²) in [5, 5.41) is 0. The Labute approximate surface area is 175 Å². The van der Waals surface area contributed by atoms with Gasteiger partial charge in [-0.1, -0.05) is 0 Å². The van der Waals surface area contributed by atoms with Gasteiger partial charge in [0.2, 0.25) is 0 Å². The third-order valence-electron chi connectivity index (χ3n) is 5.80. The Bertz CT molecular complexity index is 1140. The number of nitrogens with zero attached hydrogens (tertiary/aromatic N) is 5. The summed E-state index contributed by atoms with van der Waals surface area (Å²) in [4.78, 5) is 41.2. The third-order valence-corrected chi connectivity index (χ3v) is 5.80. The van der Waals surface area contributed by atoms with E-state index in [9.17, 15) is 9.59 Å². The van der Waals surface area contributed by atoms with E-state index in [-0.39, 0.29) is 23.1 Å². The van der Waals surface area contributed by atoms with Crippen molar-refractivity contribution in [2.45, 2.75) is 39.2 Å². The smallest absolute Gasteiger partial charge is 0.263 e. The van der Waals surface area contributed by atoms with E-state index in [1.807, 2.05) is 43.1 Å². The summed E-state index contributed by atoms with van der Waals surface area (Å²) in [5.74, 6) is 0.421. The highest BCUT2D eigenvalue weighted by Crippen LogP contribution is 2.36. The molecule has 154 valence electrons. The van der Waals surface area contributed by atoms with Crippen molar-refractivity contribution in [3.8, 4) is 11.1 Å². The van der Waals surface area contributed by atoms with Crippen LogP contribution in [0.5, 0.6) is 0 Å². The number of piperidine rings is 1. The van der Waals surface area contributed by atoms with Gasteiger partial charge in [0.25, 0.3) is 11.5 Å². The van der Waals surface area contributed by atoms with Crippen molar-refractivity contribution in [2.75, 3.05) is 6.54 Å². The molecule has 7 heteroatoms. The van der Waals surface area contributed by atoms with Crippen molar-refractivity contribution in [1.29, 1.82) is 0 Å². The number of hydrogen-bond donors (Lipinski definition) is 0. The van der Waals surface area contributed by atoms with Crippen LogP contribution >= 0.6 is 0 Å². The van der Waals surface area contributed by atoms with E-state index in [1.54, 1.807) is 25.5 Å². The van der Waals surface area contributed by atoms with Gasteiger partial charge in [-0.05, 0) is 62.9 Å². The van der Waals surface area contributed by atoms with Gasteiger partial charge in [0.05, 0.1) is 11.7 Å². The minimum absolute atomic E-state index is 0.200. The van der Waals surface area contributed by atoms with Crippen molar-refractivity contribution in [3.63, 3.8) is 0 Å². The molecular formula is C23H25N5O2. The first-order valence-electron chi connectivity index (χ1n) is 10.2. The van der Waals surface area contributed by atoms with Gasteiger partial charge in [0.15, 0.2) is 0 Å². The number of carbonyl (C=O) groups excluding carboxylic acids is 1. The van der Waals surface area contributed by atoms with Gasteiger partial charge >= 0.3 is 0 Å². The average Bonchev–Trinajstić information content (AvgIpc) is 2.78. The lowest BCUT2D eigenvalue weighted by Gasteiger charge is -2.36. The van der Waals surface area contributed by atoms with Crippen molar-refractivity contribution in [3.05, 3.63) is 76.0 Å². The molecule has 4 rings (SSSR count). The summed E-state index contributed by atoms with van der Waals surface area (Å²) in [6.07, 6.45) is 7.99. The third kappa shape index (κ3) is 3.63. The van der Waals surface area contributed by atoms with Crippen LogP contribution in [-0.2, 0) is 7.05 Å². The number of aryl methyl sites for hydroxylation is 2. The Morgan fingerprint density at radius 3 is 2.63 bits per heavy atom. The van der Waals surface area contributed by atoms with Crippen molar-refractivity contribution in [2.24, 2.45) is 7.05 Å². The Balaban J connectivity index is 1.79. The maximum absolute atomic E-state index is 13.5. The van der Waals surface area contributed by atoms with Crippen molar-refractivity contribution in [1.82, 2.24) is 24.4 Å². The molecule has 1 fully saturated rings. The van der Waals surface area contributed by atoms with E-state index in [0.29, 0.717) is 12.4 Å². The van der Waals surface area contributed by atoms with E-state index >= 15 is 0 Å². The fourth-order valence-corrected chi connectivity index (χ4v) is 4.00. The summed E-state index contributed by atoms with van der Waals surface area (Å²) in [5.41, 5.74) is 3.43. The SMILES string of the molecule is Cc1ncc(-c2ccncc2)c(C2CCCCN2C(=O)c2ccc(C)n(C)c2=O)n1. The van der Waals surface area contributed by atoms with Crippen LogP contribution in [0.15, 0.2) is 47.7 Å². The molecule has 4 heterocycles. The number of hydrogen-bond acceptors (Lipinski definition) is 5. The molecule has 0 aromatic carbocycles. The highest BCUT2D eigenvalue weighted by Gasteiger charge is 2.33. The molecule has 7 nitrogen and oxygen atoms in total. The number of aromatic nitrogens is 4. The van der Waals surface area contributed by atoms with Crippen LogP contribution < -0.4 is 5.56 Å². The van der Waals surface area contributed by atoms with Gasteiger partial charge in [-0.25, -0.2) is 9.97 Å². The molecule has 3 aromatic rings. The molecule has 1 aliphatic heterocycles. The zero-order valence-electron chi connectivity index (χ0n) is 17.5. The minimum Gasteiger partial charge on any atom is -0.330 e. The molecule has 30 heavy (non-hydrogen) atoms. The van der Waals surface area contributed by atoms with Gasteiger partial charge in [-0.3, -0.25) is 14.6 Å². The van der Waals surface area contributed by atoms with Gasteiger partial charge in [-0.2, -0.15) is 0 Å². The van der Waals surface area contributed by atoms with E-state index in [0.717, 1.165) is 41.8 Å². The van der Waals surface area contributed by atoms with E-state index in [4.69, 9.17) is 4.98 Å². The zero-order valence-corrected chi connectivity index (χ0v) is 17.5. The Morgan fingerprint density at radius 2 is 1.87 bits per heavy atom. The second kappa shape index (κ2) is 8.18. The number of pyridine rings is 2. The molecule has 1 atom stereocenters. The normalized spacial score (nSPS) is 16.5. The summed E-state index contributed by atoms with van der Waals surface area (Å²) < 4.78 is 1.52. The molecule has 1 saturated heterocycles. The van der Waals surface area contributed by atoms with Crippen LogP contribution in [0.1, 0.15) is 52.9 Å². The molecule has 0 N–H and O–H groups in total. The van der Waals surface area contributed by atoms with Gasteiger partial charge in [0, 0.05) is 43.4 Å². The fourth-order valence-electron chi connectivity index (χ4n) is 4.00. The highest BCUT2D eigenvalue weighted by atomic mass is 16.2. The lowest BCUT2D eigenvalue weighted by Crippen LogP contribution is -2.42. The van der Waals surface area contributed by atoms with Crippen LogP contribution in [-0.4, -0.2) is 36.9 Å². The Morgan fingerprint density at radius 1 is 1.10 bits per heavy atom. The average molecular weight is 403 g/mol. The summed E-state index contributed by atoms with van der Waals surface area (Å²) >= 11 is 0. The van der Waals surface area contributed by atoms with Crippen molar-refractivity contribution >= 4 is 5.91 Å². The zero-order chi connectivity index (χ0) is 21.3. The minimum atomic E-state index is -0.266. The predicted molar refractivity (Wildman–Crippen MR) is 114 cm³/mol. The van der Waals surface area contributed by atoms with Crippen LogP contribution in [0, 0.1) is 13.8 Å². The first-order valence-corrected chi connectivity index (χ1v) is 10.2. The molecule has 0 bridgehead atoms. The maximum Gasteiger partial charge on any atom is 0.263 e. The highest BCUT2D eigenvalue weighted by molar-refractivity contribution is 5.94. The lowest BCUT2D eigenvalue weighted by atomic mass is 9.93. The fraction of sp³-hybridized carbons (Fsp3) is 0.348. The maximum atomic E-state index is 13.5. The quantitative estimate of drug-likeness (QED) is 0.671. The monoisotopic (exact) mass is 403 g/mol. The van der Waals surface area contributed by atoms with Crippen LogP contribution in [0.4, 0.5) is 0 Å². The Hall–Kier alpha value is -3.35. The molecule has 0 spiro atoms. The topological polar surface area (TPSA) is 81.0 Å². The first-order chi connectivity index (χ1) is 14.5. The van der Waals surface area contributed by atoms with Crippen LogP contribution in [0.3, 0.4) is 0 Å². The molecule has 0 saturated carbocycles.